The second-order valence-corrected chi connectivity index (χ2v) is 3.83. The van der Waals surface area contributed by atoms with E-state index < -0.39 is 0 Å². The van der Waals surface area contributed by atoms with E-state index in [-0.39, 0.29) is 5.56 Å². The zero-order chi connectivity index (χ0) is 12.8. The predicted molar refractivity (Wildman–Crippen MR) is 67.9 cm³/mol. The minimum Gasteiger partial charge on any atom is -0.311 e. The first-order valence-corrected chi connectivity index (χ1v) is 5.88. The van der Waals surface area contributed by atoms with Crippen LogP contribution < -0.4 is 10.9 Å². The summed E-state index contributed by atoms with van der Waals surface area (Å²) in [7, 11) is 0. The number of rotatable bonds is 5. The Morgan fingerprint density at radius 1 is 1.33 bits per heavy atom. The Balaban J connectivity index is 2.24. The highest BCUT2D eigenvalue weighted by atomic mass is 16.1. The molecule has 0 saturated heterocycles. The minimum atomic E-state index is -0.194. The van der Waals surface area contributed by atoms with Crippen molar-refractivity contribution in [1.29, 1.82) is 0 Å². The fourth-order valence-corrected chi connectivity index (χ4v) is 1.52. The summed E-state index contributed by atoms with van der Waals surface area (Å²) < 4.78 is 0. The van der Waals surface area contributed by atoms with Gasteiger partial charge in [-0.2, -0.15) is 0 Å². The summed E-state index contributed by atoms with van der Waals surface area (Å²) in [4.78, 5) is 26.6. The molecule has 0 aromatic carbocycles. The maximum absolute atomic E-state index is 11.5. The van der Waals surface area contributed by atoms with Crippen LogP contribution in [0.2, 0.25) is 0 Å². The highest BCUT2D eigenvalue weighted by Gasteiger charge is 2.05. The first-order valence-electron chi connectivity index (χ1n) is 5.88. The zero-order valence-corrected chi connectivity index (χ0v) is 10.2. The number of aromatic nitrogens is 4. The molecule has 0 saturated carbocycles. The second-order valence-electron chi connectivity index (χ2n) is 3.83. The van der Waals surface area contributed by atoms with Crippen LogP contribution in [0.25, 0.3) is 11.6 Å². The van der Waals surface area contributed by atoms with Crippen LogP contribution in [0.4, 0.5) is 0 Å². The summed E-state index contributed by atoms with van der Waals surface area (Å²) in [6, 6.07) is 3.20. The Morgan fingerprint density at radius 2 is 2.11 bits per heavy atom. The standard InChI is InChI=1S/C12H15N5O/c1-2-4-13-8-9-7-10(18)17-12(16-9)11-14-5-3-6-15-11/h3,5-7,13H,2,4,8H2,1H3,(H,16,17,18). The van der Waals surface area contributed by atoms with Crippen LogP contribution in [0.5, 0.6) is 0 Å². The number of hydrogen-bond acceptors (Lipinski definition) is 5. The topological polar surface area (TPSA) is 83.6 Å². The van der Waals surface area contributed by atoms with E-state index in [1.165, 1.54) is 6.07 Å². The van der Waals surface area contributed by atoms with Crippen LogP contribution in [0, 0.1) is 0 Å². The van der Waals surface area contributed by atoms with Gasteiger partial charge in [0, 0.05) is 25.0 Å². The molecule has 0 aliphatic carbocycles. The Kier molecular flexibility index (Phi) is 4.14. The molecule has 0 bridgehead atoms. The molecule has 0 fully saturated rings. The molecule has 2 heterocycles. The van der Waals surface area contributed by atoms with Crippen LogP contribution in [-0.4, -0.2) is 26.5 Å². The predicted octanol–water partition coefficient (Wildman–Crippen LogP) is 0.726. The van der Waals surface area contributed by atoms with Crippen molar-refractivity contribution in [3.8, 4) is 11.6 Å². The lowest BCUT2D eigenvalue weighted by Crippen LogP contribution is -2.18. The SMILES string of the molecule is CCCNCc1cc(=O)[nH]c(-c2ncccn2)n1. The van der Waals surface area contributed by atoms with Crippen molar-refractivity contribution in [1.82, 2.24) is 25.3 Å². The van der Waals surface area contributed by atoms with Gasteiger partial charge in [-0.05, 0) is 19.0 Å². The third-order valence-electron chi connectivity index (χ3n) is 2.31. The average molecular weight is 245 g/mol. The molecule has 0 aliphatic rings. The molecule has 2 aromatic heterocycles. The van der Waals surface area contributed by atoms with Gasteiger partial charge < -0.3 is 10.3 Å². The lowest BCUT2D eigenvalue weighted by atomic mass is 10.3. The molecule has 6 heteroatoms. The molecule has 2 aromatic rings. The molecule has 0 unspecified atom stereocenters. The summed E-state index contributed by atoms with van der Waals surface area (Å²) >= 11 is 0. The van der Waals surface area contributed by atoms with Crippen molar-refractivity contribution in [2.24, 2.45) is 0 Å². The quantitative estimate of drug-likeness (QED) is 0.758. The molecule has 0 amide bonds. The third-order valence-corrected chi connectivity index (χ3v) is 2.31. The lowest BCUT2D eigenvalue weighted by Gasteiger charge is -2.04. The first kappa shape index (κ1) is 12.4. The smallest absolute Gasteiger partial charge is 0.251 e. The molecular weight excluding hydrogens is 230 g/mol. The Hall–Kier alpha value is -2.08. The van der Waals surface area contributed by atoms with Gasteiger partial charge in [0.25, 0.3) is 5.56 Å². The molecule has 0 radical (unpaired) electrons. The van der Waals surface area contributed by atoms with E-state index in [9.17, 15) is 4.79 Å². The summed E-state index contributed by atoms with van der Waals surface area (Å²) in [6.07, 6.45) is 4.27. The first-order chi connectivity index (χ1) is 8.79. The number of H-pyrrole nitrogens is 1. The van der Waals surface area contributed by atoms with E-state index in [1.54, 1.807) is 18.5 Å². The fraction of sp³-hybridized carbons (Fsp3) is 0.333. The van der Waals surface area contributed by atoms with Gasteiger partial charge in [0.05, 0.1) is 5.69 Å². The van der Waals surface area contributed by atoms with Crippen LogP contribution in [0.3, 0.4) is 0 Å². The average Bonchev–Trinajstić information content (AvgIpc) is 2.39. The normalized spacial score (nSPS) is 10.5. The molecule has 94 valence electrons. The van der Waals surface area contributed by atoms with Crippen molar-refractivity contribution in [2.45, 2.75) is 19.9 Å². The van der Waals surface area contributed by atoms with Gasteiger partial charge in [0.15, 0.2) is 11.6 Å². The third kappa shape index (κ3) is 3.21. The summed E-state index contributed by atoms with van der Waals surface area (Å²) in [5.41, 5.74) is 0.496. The molecule has 0 spiro atoms. The van der Waals surface area contributed by atoms with Crippen LogP contribution in [-0.2, 0) is 6.54 Å². The molecule has 2 N–H and O–H groups in total. The van der Waals surface area contributed by atoms with E-state index >= 15 is 0 Å². The van der Waals surface area contributed by atoms with E-state index in [1.807, 2.05) is 0 Å². The summed E-state index contributed by atoms with van der Waals surface area (Å²) in [5.74, 6) is 0.823. The fourth-order valence-electron chi connectivity index (χ4n) is 1.52. The maximum Gasteiger partial charge on any atom is 0.251 e. The molecular formula is C12H15N5O. The van der Waals surface area contributed by atoms with Gasteiger partial charge >= 0.3 is 0 Å². The van der Waals surface area contributed by atoms with Gasteiger partial charge in [-0.3, -0.25) is 4.79 Å². The van der Waals surface area contributed by atoms with Crippen molar-refractivity contribution < 1.29 is 0 Å². The molecule has 18 heavy (non-hydrogen) atoms. The van der Waals surface area contributed by atoms with Crippen molar-refractivity contribution in [3.05, 3.63) is 40.6 Å². The van der Waals surface area contributed by atoms with Crippen molar-refractivity contribution in [3.63, 3.8) is 0 Å². The van der Waals surface area contributed by atoms with Gasteiger partial charge in [0.2, 0.25) is 0 Å². The van der Waals surface area contributed by atoms with E-state index in [4.69, 9.17) is 0 Å². The minimum absolute atomic E-state index is 0.194. The van der Waals surface area contributed by atoms with E-state index in [2.05, 4.69) is 32.2 Å². The number of nitrogens with zero attached hydrogens (tertiary/aromatic N) is 3. The second kappa shape index (κ2) is 6.02. The molecule has 0 atom stereocenters. The Bertz CT molecular complexity index is 552. The van der Waals surface area contributed by atoms with E-state index in [0.717, 1.165) is 13.0 Å². The molecule has 2 rings (SSSR count). The van der Waals surface area contributed by atoms with Crippen LogP contribution in [0.1, 0.15) is 19.0 Å². The molecule has 0 aliphatic heterocycles. The van der Waals surface area contributed by atoms with Gasteiger partial charge in [-0.25, -0.2) is 15.0 Å². The van der Waals surface area contributed by atoms with E-state index in [0.29, 0.717) is 23.9 Å². The number of nitrogens with one attached hydrogen (secondary N) is 2. The number of hydrogen-bond donors (Lipinski definition) is 2. The summed E-state index contributed by atoms with van der Waals surface area (Å²) in [5, 5.41) is 3.20. The van der Waals surface area contributed by atoms with Crippen LogP contribution >= 0.6 is 0 Å². The zero-order valence-electron chi connectivity index (χ0n) is 10.2. The highest BCUT2D eigenvalue weighted by Crippen LogP contribution is 2.05. The largest absolute Gasteiger partial charge is 0.311 e. The molecule has 6 nitrogen and oxygen atoms in total. The van der Waals surface area contributed by atoms with Crippen molar-refractivity contribution >= 4 is 0 Å². The van der Waals surface area contributed by atoms with Gasteiger partial charge in [-0.15, -0.1) is 0 Å². The summed E-state index contributed by atoms with van der Waals surface area (Å²) in [6.45, 7) is 3.55. The number of aromatic amines is 1. The van der Waals surface area contributed by atoms with Gasteiger partial charge in [-0.1, -0.05) is 6.92 Å². The van der Waals surface area contributed by atoms with Gasteiger partial charge in [0.1, 0.15) is 0 Å². The Labute approximate surface area is 105 Å². The van der Waals surface area contributed by atoms with Crippen LogP contribution in [0.15, 0.2) is 29.3 Å². The Morgan fingerprint density at radius 3 is 2.83 bits per heavy atom. The lowest BCUT2D eigenvalue weighted by molar-refractivity contribution is 0.662. The monoisotopic (exact) mass is 245 g/mol. The highest BCUT2D eigenvalue weighted by molar-refractivity contribution is 5.41. The maximum atomic E-state index is 11.5. The van der Waals surface area contributed by atoms with Crippen molar-refractivity contribution in [2.75, 3.05) is 6.54 Å².